The Morgan fingerprint density at radius 3 is 2.50 bits per heavy atom. The highest BCUT2D eigenvalue weighted by atomic mass is 79.9. The van der Waals surface area contributed by atoms with E-state index in [9.17, 15) is 27.5 Å². The third-order valence-electron chi connectivity index (χ3n) is 5.95. The molecule has 12 heteroatoms. The Hall–Kier alpha value is -2.83. The largest absolute Gasteiger partial charge is 0.387 e. The van der Waals surface area contributed by atoms with Crippen LogP contribution in [0.3, 0.4) is 0 Å². The molecule has 0 aliphatic carbocycles. The van der Waals surface area contributed by atoms with Crippen LogP contribution in [0.15, 0.2) is 46.9 Å². The SMILES string of the molecule is CC(C)(C)[C@H](c1nc(-c2cc(F)ccc2F)nn1Cc1cccc(Br)c1)N(CCC(N)C(F)F)C(=O)CO. The van der Waals surface area contributed by atoms with E-state index < -0.39 is 48.1 Å². The lowest BCUT2D eigenvalue weighted by Crippen LogP contribution is -2.46. The van der Waals surface area contributed by atoms with Crippen LogP contribution in [0.1, 0.15) is 44.6 Å². The van der Waals surface area contributed by atoms with Crippen LogP contribution in [0.2, 0.25) is 0 Å². The second-order valence-corrected chi connectivity index (χ2v) is 10.9. The number of carbonyl (C=O) groups excluding carboxylic acids is 1. The van der Waals surface area contributed by atoms with Crippen molar-refractivity contribution in [1.82, 2.24) is 19.7 Å². The minimum Gasteiger partial charge on any atom is -0.387 e. The molecule has 0 fully saturated rings. The van der Waals surface area contributed by atoms with Crippen LogP contribution in [-0.4, -0.2) is 56.3 Å². The van der Waals surface area contributed by atoms with E-state index in [2.05, 4.69) is 26.0 Å². The Kier molecular flexibility index (Phi) is 9.66. The molecular weight excluding hydrogens is 570 g/mol. The molecule has 1 heterocycles. The standard InChI is InChI=1S/C26H30BrF4N5O2/c1-26(2,3)22(35(21(38)14-37)10-9-20(32)23(30)31)25-33-24(18-12-17(28)7-8-19(18)29)34-36(25)13-15-5-4-6-16(27)11-15/h4-8,11-12,20,22-23,37H,9-10,13-14,32H2,1-3H3/t20?,22-/m0/s1. The van der Waals surface area contributed by atoms with Gasteiger partial charge in [0, 0.05) is 11.0 Å². The van der Waals surface area contributed by atoms with E-state index in [4.69, 9.17) is 5.73 Å². The lowest BCUT2D eigenvalue weighted by molar-refractivity contribution is -0.140. The number of halogens is 5. The number of benzene rings is 2. The summed E-state index contributed by atoms with van der Waals surface area (Å²) in [5.41, 5.74) is 5.42. The molecule has 2 aromatic carbocycles. The Morgan fingerprint density at radius 2 is 1.89 bits per heavy atom. The average Bonchev–Trinajstić information content (AvgIpc) is 3.23. The molecule has 0 spiro atoms. The number of carbonyl (C=O) groups is 1. The Bertz CT molecular complexity index is 1260. The van der Waals surface area contributed by atoms with Crippen LogP contribution in [0.25, 0.3) is 11.4 Å². The molecule has 0 bridgehead atoms. The number of aliphatic hydroxyl groups is 1. The molecule has 3 N–H and O–H groups in total. The molecule has 0 aliphatic rings. The van der Waals surface area contributed by atoms with E-state index in [1.165, 1.54) is 9.58 Å². The van der Waals surface area contributed by atoms with Crippen molar-refractivity contribution in [3.63, 3.8) is 0 Å². The highest BCUT2D eigenvalue weighted by Gasteiger charge is 2.39. The second kappa shape index (κ2) is 12.4. The van der Waals surface area contributed by atoms with E-state index in [-0.39, 0.29) is 36.7 Å². The van der Waals surface area contributed by atoms with Crippen molar-refractivity contribution in [3.8, 4) is 11.4 Å². The summed E-state index contributed by atoms with van der Waals surface area (Å²) < 4.78 is 57.3. The van der Waals surface area contributed by atoms with E-state index in [1.54, 1.807) is 0 Å². The van der Waals surface area contributed by atoms with Gasteiger partial charge in [0.15, 0.2) is 11.6 Å². The zero-order valence-electron chi connectivity index (χ0n) is 21.2. The molecule has 1 aromatic heterocycles. The van der Waals surface area contributed by atoms with Crippen molar-refractivity contribution in [3.05, 3.63) is 70.0 Å². The van der Waals surface area contributed by atoms with Gasteiger partial charge in [0.05, 0.1) is 24.2 Å². The maximum absolute atomic E-state index is 14.7. The summed E-state index contributed by atoms with van der Waals surface area (Å²) in [6, 6.07) is 7.88. The maximum atomic E-state index is 14.7. The van der Waals surface area contributed by atoms with Gasteiger partial charge in [-0.2, -0.15) is 5.10 Å². The highest BCUT2D eigenvalue weighted by Crippen LogP contribution is 2.39. The number of amides is 1. The smallest absolute Gasteiger partial charge is 0.253 e. The molecule has 3 aromatic rings. The lowest BCUT2D eigenvalue weighted by atomic mass is 9.84. The molecule has 0 radical (unpaired) electrons. The minimum atomic E-state index is -2.79. The Labute approximate surface area is 226 Å². The van der Waals surface area contributed by atoms with Gasteiger partial charge in [-0.1, -0.05) is 48.8 Å². The van der Waals surface area contributed by atoms with Gasteiger partial charge in [-0.15, -0.1) is 0 Å². The van der Waals surface area contributed by atoms with Gasteiger partial charge in [0.25, 0.3) is 6.43 Å². The lowest BCUT2D eigenvalue weighted by Gasteiger charge is -2.39. The second-order valence-electron chi connectivity index (χ2n) is 10.0. The first-order valence-corrected chi connectivity index (χ1v) is 12.7. The zero-order chi connectivity index (χ0) is 28.2. The summed E-state index contributed by atoms with van der Waals surface area (Å²) in [6.07, 6.45) is -3.03. The molecule has 206 valence electrons. The summed E-state index contributed by atoms with van der Waals surface area (Å²) in [7, 11) is 0. The highest BCUT2D eigenvalue weighted by molar-refractivity contribution is 9.10. The van der Waals surface area contributed by atoms with E-state index in [0.717, 1.165) is 28.2 Å². The van der Waals surface area contributed by atoms with E-state index in [1.807, 2.05) is 45.0 Å². The molecule has 2 atom stereocenters. The quantitative estimate of drug-likeness (QED) is 0.322. The molecule has 1 unspecified atom stereocenters. The molecule has 0 aliphatic heterocycles. The number of aromatic nitrogens is 3. The summed E-state index contributed by atoms with van der Waals surface area (Å²) in [6.45, 7) is 4.51. The van der Waals surface area contributed by atoms with Crippen molar-refractivity contribution < 1.29 is 27.5 Å². The van der Waals surface area contributed by atoms with Crippen molar-refractivity contribution in [1.29, 1.82) is 0 Å². The van der Waals surface area contributed by atoms with Gasteiger partial charge in [-0.05, 0) is 47.7 Å². The topological polar surface area (TPSA) is 97.3 Å². The van der Waals surface area contributed by atoms with Crippen LogP contribution in [0.4, 0.5) is 17.6 Å². The zero-order valence-corrected chi connectivity index (χ0v) is 22.8. The van der Waals surface area contributed by atoms with Gasteiger partial charge >= 0.3 is 0 Å². The van der Waals surface area contributed by atoms with Crippen LogP contribution < -0.4 is 5.73 Å². The van der Waals surface area contributed by atoms with Crippen LogP contribution >= 0.6 is 15.9 Å². The fourth-order valence-corrected chi connectivity index (χ4v) is 4.61. The number of aliphatic hydroxyl groups excluding tert-OH is 1. The predicted molar refractivity (Wildman–Crippen MR) is 138 cm³/mol. The van der Waals surface area contributed by atoms with Gasteiger partial charge in [-0.3, -0.25) is 4.79 Å². The van der Waals surface area contributed by atoms with Gasteiger partial charge < -0.3 is 15.7 Å². The molecule has 3 rings (SSSR count). The number of rotatable bonds is 10. The maximum Gasteiger partial charge on any atom is 0.253 e. The number of nitrogens with two attached hydrogens (primary N) is 1. The predicted octanol–water partition coefficient (Wildman–Crippen LogP) is 4.92. The van der Waals surface area contributed by atoms with Crippen molar-refractivity contribution in [2.24, 2.45) is 11.1 Å². The summed E-state index contributed by atoms with van der Waals surface area (Å²) >= 11 is 3.42. The molecular formula is C26H30BrF4N5O2. The minimum absolute atomic E-state index is 0.109. The molecule has 0 saturated heterocycles. The van der Waals surface area contributed by atoms with Crippen LogP contribution in [-0.2, 0) is 11.3 Å². The Morgan fingerprint density at radius 1 is 1.18 bits per heavy atom. The van der Waals surface area contributed by atoms with E-state index in [0.29, 0.717) is 0 Å². The Balaban J connectivity index is 2.19. The number of nitrogens with zero attached hydrogens (tertiary/aromatic N) is 4. The normalized spacial score (nSPS) is 13.6. The first kappa shape index (κ1) is 29.7. The number of alkyl halides is 2. The first-order valence-electron chi connectivity index (χ1n) is 11.9. The van der Waals surface area contributed by atoms with Crippen LogP contribution in [0, 0.1) is 17.0 Å². The monoisotopic (exact) mass is 599 g/mol. The molecule has 38 heavy (non-hydrogen) atoms. The number of hydrogen-bond acceptors (Lipinski definition) is 5. The fourth-order valence-electron chi connectivity index (χ4n) is 4.16. The molecule has 7 nitrogen and oxygen atoms in total. The van der Waals surface area contributed by atoms with Crippen molar-refractivity contribution in [2.75, 3.05) is 13.2 Å². The molecule has 0 saturated carbocycles. The van der Waals surface area contributed by atoms with Crippen molar-refractivity contribution in [2.45, 2.75) is 52.2 Å². The molecule has 1 amide bonds. The fraction of sp³-hybridized carbons (Fsp3) is 0.423. The third kappa shape index (κ3) is 7.17. The van der Waals surface area contributed by atoms with Crippen LogP contribution in [0.5, 0.6) is 0 Å². The van der Waals surface area contributed by atoms with Gasteiger partial charge in [0.1, 0.15) is 18.2 Å². The third-order valence-corrected chi connectivity index (χ3v) is 6.44. The van der Waals surface area contributed by atoms with Gasteiger partial charge in [0.2, 0.25) is 5.91 Å². The number of hydrogen-bond donors (Lipinski definition) is 2. The summed E-state index contributed by atoms with van der Waals surface area (Å²) in [5.74, 6) is -2.04. The average molecular weight is 600 g/mol. The summed E-state index contributed by atoms with van der Waals surface area (Å²) in [4.78, 5) is 18.7. The first-order chi connectivity index (χ1) is 17.8. The van der Waals surface area contributed by atoms with Crippen molar-refractivity contribution >= 4 is 21.8 Å². The van der Waals surface area contributed by atoms with E-state index >= 15 is 0 Å². The summed E-state index contributed by atoms with van der Waals surface area (Å²) in [5, 5.41) is 14.2. The van der Waals surface area contributed by atoms with Gasteiger partial charge in [-0.25, -0.2) is 27.2 Å².